The second kappa shape index (κ2) is 7.57. The van der Waals surface area contributed by atoms with Crippen LogP contribution < -0.4 is 16.0 Å². The first kappa shape index (κ1) is 17.8. The van der Waals surface area contributed by atoms with Crippen molar-refractivity contribution in [3.05, 3.63) is 75.7 Å². The van der Waals surface area contributed by atoms with Gasteiger partial charge >= 0.3 is 0 Å². The molecule has 4 nitrogen and oxygen atoms in total. The Balaban J connectivity index is 1.70. The lowest BCUT2D eigenvalue weighted by Crippen LogP contribution is -2.31. The van der Waals surface area contributed by atoms with Gasteiger partial charge in [0.25, 0.3) is 5.56 Å². The van der Waals surface area contributed by atoms with Crippen molar-refractivity contribution in [2.24, 2.45) is 5.73 Å². The summed E-state index contributed by atoms with van der Waals surface area (Å²) in [6.45, 7) is 2.01. The van der Waals surface area contributed by atoms with E-state index in [1.165, 1.54) is 5.56 Å². The van der Waals surface area contributed by atoms with E-state index >= 15 is 0 Å². The summed E-state index contributed by atoms with van der Waals surface area (Å²) in [5.74, 6) is 0.878. The van der Waals surface area contributed by atoms with Gasteiger partial charge in [-0.05, 0) is 73.2 Å². The van der Waals surface area contributed by atoms with Crippen LogP contribution in [0, 0.1) is 6.92 Å². The SMILES string of the molecule is Cc1cc2c(=O)[nH]cc(Cc3ccccc3)c2cc1OC1CCC(N)CC1. The van der Waals surface area contributed by atoms with Gasteiger partial charge in [-0.3, -0.25) is 4.79 Å². The lowest BCUT2D eigenvalue weighted by Gasteiger charge is -2.27. The number of fused-ring (bicyclic) bond motifs is 1. The normalized spacial score (nSPS) is 19.9. The quantitative estimate of drug-likeness (QED) is 0.735. The van der Waals surface area contributed by atoms with Gasteiger partial charge in [0.15, 0.2) is 0 Å². The van der Waals surface area contributed by atoms with E-state index in [-0.39, 0.29) is 11.7 Å². The minimum Gasteiger partial charge on any atom is -0.490 e. The smallest absolute Gasteiger partial charge is 0.255 e. The van der Waals surface area contributed by atoms with Crippen molar-refractivity contribution in [3.63, 3.8) is 0 Å². The molecule has 4 rings (SSSR count). The van der Waals surface area contributed by atoms with Crippen LogP contribution in [-0.2, 0) is 6.42 Å². The standard InChI is InChI=1S/C23H26N2O2/c1-15-11-21-20(13-22(15)27-19-9-7-18(24)8-10-19)17(14-25-23(21)26)12-16-5-3-2-4-6-16/h2-6,11,13-14,18-19H,7-10,12,24H2,1H3,(H,25,26). The first-order chi connectivity index (χ1) is 13.1. The number of nitrogens with one attached hydrogen (secondary N) is 1. The van der Waals surface area contributed by atoms with Crippen LogP contribution >= 0.6 is 0 Å². The Bertz CT molecular complexity index is 986. The van der Waals surface area contributed by atoms with Gasteiger partial charge in [0, 0.05) is 17.6 Å². The van der Waals surface area contributed by atoms with E-state index in [0.29, 0.717) is 6.04 Å². The van der Waals surface area contributed by atoms with Gasteiger partial charge in [-0.2, -0.15) is 0 Å². The number of pyridine rings is 1. The predicted octanol–water partition coefficient (Wildman–Crippen LogP) is 4.08. The van der Waals surface area contributed by atoms with Crippen LogP contribution in [0.2, 0.25) is 0 Å². The molecule has 1 fully saturated rings. The predicted molar refractivity (Wildman–Crippen MR) is 109 cm³/mol. The zero-order chi connectivity index (χ0) is 18.8. The van der Waals surface area contributed by atoms with Crippen molar-refractivity contribution in [2.75, 3.05) is 0 Å². The highest BCUT2D eigenvalue weighted by atomic mass is 16.5. The van der Waals surface area contributed by atoms with E-state index in [1.54, 1.807) is 0 Å². The number of H-pyrrole nitrogens is 1. The molecule has 1 aromatic heterocycles. The number of rotatable bonds is 4. The summed E-state index contributed by atoms with van der Waals surface area (Å²) < 4.78 is 6.32. The Hall–Kier alpha value is -2.59. The van der Waals surface area contributed by atoms with Crippen molar-refractivity contribution < 1.29 is 4.74 Å². The molecule has 0 saturated heterocycles. The molecule has 1 saturated carbocycles. The summed E-state index contributed by atoms with van der Waals surface area (Å²) in [7, 11) is 0. The van der Waals surface area contributed by atoms with Crippen molar-refractivity contribution in [1.82, 2.24) is 4.98 Å². The zero-order valence-corrected chi connectivity index (χ0v) is 15.7. The van der Waals surface area contributed by atoms with E-state index in [4.69, 9.17) is 10.5 Å². The number of hydrogen-bond acceptors (Lipinski definition) is 3. The first-order valence-corrected chi connectivity index (χ1v) is 9.71. The van der Waals surface area contributed by atoms with E-state index in [9.17, 15) is 4.79 Å². The molecule has 1 aliphatic rings. The molecule has 3 aromatic rings. The van der Waals surface area contributed by atoms with Crippen molar-refractivity contribution in [1.29, 1.82) is 0 Å². The maximum atomic E-state index is 12.4. The van der Waals surface area contributed by atoms with E-state index < -0.39 is 0 Å². The average molecular weight is 362 g/mol. The summed E-state index contributed by atoms with van der Waals surface area (Å²) in [6, 6.07) is 14.6. The molecule has 0 amide bonds. The molecule has 4 heteroatoms. The van der Waals surface area contributed by atoms with Crippen LogP contribution in [0.15, 0.2) is 53.5 Å². The number of benzene rings is 2. The third kappa shape index (κ3) is 3.91. The monoisotopic (exact) mass is 362 g/mol. The largest absolute Gasteiger partial charge is 0.490 e. The third-order valence-corrected chi connectivity index (χ3v) is 5.53. The molecule has 27 heavy (non-hydrogen) atoms. The summed E-state index contributed by atoms with van der Waals surface area (Å²) in [4.78, 5) is 15.2. The summed E-state index contributed by atoms with van der Waals surface area (Å²) in [5, 5.41) is 1.69. The van der Waals surface area contributed by atoms with Crippen molar-refractivity contribution >= 4 is 10.8 Å². The number of nitrogens with two attached hydrogens (primary N) is 1. The molecule has 0 atom stereocenters. The third-order valence-electron chi connectivity index (χ3n) is 5.53. The second-order valence-corrected chi connectivity index (χ2v) is 7.62. The van der Waals surface area contributed by atoms with Crippen molar-refractivity contribution in [2.45, 2.75) is 51.2 Å². The van der Waals surface area contributed by atoms with E-state index in [0.717, 1.165) is 59.8 Å². The Morgan fingerprint density at radius 2 is 1.81 bits per heavy atom. The molecule has 0 aliphatic heterocycles. The van der Waals surface area contributed by atoms with Crippen LogP contribution in [0.5, 0.6) is 5.75 Å². The van der Waals surface area contributed by atoms with Crippen LogP contribution in [0.25, 0.3) is 10.8 Å². The molecule has 3 N–H and O–H groups in total. The topological polar surface area (TPSA) is 68.1 Å². The van der Waals surface area contributed by atoms with Gasteiger partial charge in [-0.25, -0.2) is 0 Å². The van der Waals surface area contributed by atoms with Crippen LogP contribution in [0.1, 0.15) is 42.4 Å². The average Bonchev–Trinajstić information content (AvgIpc) is 2.68. The van der Waals surface area contributed by atoms with Crippen molar-refractivity contribution in [3.8, 4) is 5.75 Å². The molecular weight excluding hydrogens is 336 g/mol. The lowest BCUT2D eigenvalue weighted by molar-refractivity contribution is 0.146. The number of aromatic nitrogens is 1. The van der Waals surface area contributed by atoms with Gasteiger partial charge in [0.2, 0.25) is 0 Å². The minimum atomic E-state index is -0.0555. The van der Waals surface area contributed by atoms with Crippen LogP contribution in [-0.4, -0.2) is 17.1 Å². The summed E-state index contributed by atoms with van der Waals surface area (Å²) in [5.41, 5.74) is 9.28. The highest BCUT2D eigenvalue weighted by molar-refractivity contribution is 5.87. The van der Waals surface area contributed by atoms with E-state index in [1.807, 2.05) is 43.5 Å². The summed E-state index contributed by atoms with van der Waals surface area (Å²) in [6.07, 6.45) is 6.81. The number of hydrogen-bond donors (Lipinski definition) is 2. The lowest BCUT2D eigenvalue weighted by atomic mass is 9.93. The summed E-state index contributed by atoms with van der Waals surface area (Å²) >= 11 is 0. The van der Waals surface area contributed by atoms with Crippen LogP contribution in [0.4, 0.5) is 0 Å². The molecule has 140 valence electrons. The molecular formula is C23H26N2O2. The molecule has 0 spiro atoms. The fourth-order valence-corrected chi connectivity index (χ4v) is 3.92. The maximum Gasteiger partial charge on any atom is 0.255 e. The van der Waals surface area contributed by atoms with Gasteiger partial charge in [0.1, 0.15) is 5.75 Å². The number of ether oxygens (including phenoxy) is 1. The van der Waals surface area contributed by atoms with Gasteiger partial charge in [0.05, 0.1) is 6.10 Å². The highest BCUT2D eigenvalue weighted by Crippen LogP contribution is 2.30. The van der Waals surface area contributed by atoms with Gasteiger partial charge in [-0.1, -0.05) is 30.3 Å². The molecule has 0 bridgehead atoms. The maximum absolute atomic E-state index is 12.4. The fourth-order valence-electron chi connectivity index (χ4n) is 3.92. The zero-order valence-electron chi connectivity index (χ0n) is 15.7. The Morgan fingerprint density at radius 3 is 2.56 bits per heavy atom. The Labute approximate surface area is 159 Å². The fraction of sp³-hybridized carbons (Fsp3) is 0.348. The Kier molecular flexibility index (Phi) is 4.99. The number of aromatic amines is 1. The van der Waals surface area contributed by atoms with Gasteiger partial charge in [-0.15, -0.1) is 0 Å². The number of aryl methyl sites for hydroxylation is 1. The molecule has 1 heterocycles. The minimum absolute atomic E-state index is 0.0555. The highest BCUT2D eigenvalue weighted by Gasteiger charge is 2.21. The molecule has 2 aromatic carbocycles. The van der Waals surface area contributed by atoms with E-state index in [2.05, 4.69) is 17.1 Å². The first-order valence-electron chi connectivity index (χ1n) is 9.71. The molecule has 0 radical (unpaired) electrons. The second-order valence-electron chi connectivity index (χ2n) is 7.62. The molecule has 0 unspecified atom stereocenters. The van der Waals surface area contributed by atoms with Crippen LogP contribution in [0.3, 0.4) is 0 Å². The van der Waals surface area contributed by atoms with Gasteiger partial charge < -0.3 is 15.5 Å². The molecule has 1 aliphatic carbocycles. The Morgan fingerprint density at radius 1 is 1.07 bits per heavy atom.